The van der Waals surface area contributed by atoms with Crippen LogP contribution in [0.5, 0.6) is 0 Å². The van der Waals surface area contributed by atoms with Crippen molar-refractivity contribution >= 4 is 23.4 Å². The van der Waals surface area contributed by atoms with Crippen LogP contribution in [0, 0.1) is 18.8 Å². The predicted molar refractivity (Wildman–Crippen MR) is 113 cm³/mol. The van der Waals surface area contributed by atoms with Crippen molar-refractivity contribution in [2.75, 3.05) is 18.5 Å². The molecule has 3 amide bonds. The zero-order valence-electron chi connectivity index (χ0n) is 18.3. The van der Waals surface area contributed by atoms with E-state index in [1.54, 1.807) is 16.8 Å². The molecule has 3 aliphatic rings. The molecule has 0 spiro atoms. The van der Waals surface area contributed by atoms with Gasteiger partial charge in [-0.3, -0.25) is 19.3 Å². The summed E-state index contributed by atoms with van der Waals surface area (Å²) in [6.45, 7) is 7.83. The number of benzene rings is 1. The van der Waals surface area contributed by atoms with Crippen molar-refractivity contribution in [2.24, 2.45) is 11.8 Å². The van der Waals surface area contributed by atoms with Crippen LogP contribution in [-0.4, -0.2) is 60.0 Å². The van der Waals surface area contributed by atoms with Gasteiger partial charge in [-0.05, 0) is 52.7 Å². The summed E-state index contributed by atoms with van der Waals surface area (Å²) in [5, 5.41) is 3.00. The van der Waals surface area contributed by atoms with Gasteiger partial charge >= 0.3 is 0 Å². The van der Waals surface area contributed by atoms with Crippen LogP contribution in [0.3, 0.4) is 0 Å². The smallest absolute Gasteiger partial charge is 0.245 e. The highest BCUT2D eigenvalue weighted by Gasteiger charge is 2.59. The van der Waals surface area contributed by atoms with E-state index in [4.69, 9.17) is 4.74 Å². The zero-order chi connectivity index (χ0) is 21.8. The van der Waals surface area contributed by atoms with E-state index >= 15 is 0 Å². The number of amides is 3. The van der Waals surface area contributed by atoms with Gasteiger partial charge in [0, 0.05) is 18.3 Å². The van der Waals surface area contributed by atoms with Crippen LogP contribution in [0.2, 0.25) is 0 Å². The molecule has 7 nitrogen and oxygen atoms in total. The Morgan fingerprint density at radius 1 is 1.03 bits per heavy atom. The zero-order valence-corrected chi connectivity index (χ0v) is 18.3. The third kappa shape index (κ3) is 3.60. The minimum Gasteiger partial charge on any atom is -0.373 e. The Kier molecular flexibility index (Phi) is 5.12. The maximum Gasteiger partial charge on any atom is 0.245 e. The second-order valence-corrected chi connectivity index (χ2v) is 9.86. The molecule has 3 heterocycles. The molecule has 1 aromatic rings. The predicted octanol–water partition coefficient (Wildman–Crippen LogP) is 1.88. The Balaban J connectivity index is 1.79. The molecule has 3 aliphatic heterocycles. The number of hydrogen-bond acceptors (Lipinski definition) is 4. The molecule has 5 unspecified atom stereocenters. The Hall–Kier alpha value is -2.41. The van der Waals surface area contributed by atoms with Gasteiger partial charge in [-0.2, -0.15) is 0 Å². The Morgan fingerprint density at radius 3 is 2.17 bits per heavy atom. The molecule has 162 valence electrons. The number of hydrogen-bond donors (Lipinski definition) is 1. The molecule has 3 fully saturated rings. The van der Waals surface area contributed by atoms with E-state index in [1.807, 2.05) is 52.0 Å². The summed E-state index contributed by atoms with van der Waals surface area (Å²) in [5.41, 5.74) is 1.29. The van der Waals surface area contributed by atoms with Gasteiger partial charge in [0.1, 0.15) is 6.04 Å². The van der Waals surface area contributed by atoms with Gasteiger partial charge in [0.25, 0.3) is 0 Å². The first-order valence-electron chi connectivity index (χ1n) is 10.7. The summed E-state index contributed by atoms with van der Waals surface area (Å²) in [6, 6.07) is 6.80. The highest BCUT2D eigenvalue weighted by atomic mass is 16.5. The van der Waals surface area contributed by atoms with Crippen LogP contribution in [0.25, 0.3) is 0 Å². The van der Waals surface area contributed by atoms with Crippen molar-refractivity contribution in [2.45, 2.75) is 64.3 Å². The van der Waals surface area contributed by atoms with Gasteiger partial charge in [0.2, 0.25) is 17.7 Å². The summed E-state index contributed by atoms with van der Waals surface area (Å²) in [7, 11) is 1.71. The normalized spacial score (nSPS) is 31.4. The molecule has 3 saturated heterocycles. The van der Waals surface area contributed by atoms with Crippen LogP contribution in [-0.2, 0) is 19.1 Å². The molecule has 0 radical (unpaired) electrons. The minimum absolute atomic E-state index is 0.0994. The van der Waals surface area contributed by atoms with Crippen molar-refractivity contribution in [3.05, 3.63) is 29.8 Å². The highest BCUT2D eigenvalue weighted by molar-refractivity contribution is 6.05. The first kappa shape index (κ1) is 20.8. The van der Waals surface area contributed by atoms with Crippen LogP contribution in [0.4, 0.5) is 5.69 Å². The Morgan fingerprint density at radius 2 is 1.60 bits per heavy atom. The van der Waals surface area contributed by atoms with Crippen LogP contribution in [0.1, 0.15) is 39.2 Å². The summed E-state index contributed by atoms with van der Waals surface area (Å²) in [5.74, 6) is -1.58. The number of nitrogens with one attached hydrogen (secondary N) is 1. The van der Waals surface area contributed by atoms with Crippen LogP contribution in [0.15, 0.2) is 24.3 Å². The second kappa shape index (κ2) is 7.38. The van der Waals surface area contributed by atoms with Crippen LogP contribution >= 0.6 is 0 Å². The van der Waals surface area contributed by atoms with Crippen molar-refractivity contribution in [3.8, 4) is 0 Å². The molecule has 0 saturated carbocycles. The lowest BCUT2D eigenvalue weighted by Gasteiger charge is -2.42. The number of aryl methyl sites for hydroxylation is 1. The van der Waals surface area contributed by atoms with Crippen molar-refractivity contribution < 1.29 is 19.1 Å². The van der Waals surface area contributed by atoms with Gasteiger partial charge in [-0.25, -0.2) is 0 Å². The van der Waals surface area contributed by atoms with E-state index < -0.39 is 23.4 Å². The fraction of sp³-hybridized carbons (Fsp3) is 0.609. The van der Waals surface area contributed by atoms with Crippen molar-refractivity contribution in [1.82, 2.24) is 10.2 Å². The van der Waals surface area contributed by atoms with Gasteiger partial charge < -0.3 is 15.0 Å². The van der Waals surface area contributed by atoms with Crippen molar-refractivity contribution in [1.29, 1.82) is 0 Å². The third-order valence-corrected chi connectivity index (χ3v) is 6.33. The van der Waals surface area contributed by atoms with E-state index in [2.05, 4.69) is 5.32 Å². The SMILES string of the molecule is Cc1ccc(N2C(=O)C3C4CCC(O4)C3C(=O)N(C)CC2C(=O)NC(C)(C)C)cc1. The number of ether oxygens (including phenoxy) is 1. The largest absolute Gasteiger partial charge is 0.373 e. The first-order chi connectivity index (χ1) is 14.1. The van der Waals surface area contributed by atoms with E-state index in [9.17, 15) is 14.4 Å². The number of carbonyl (C=O) groups excluding carboxylic acids is 3. The van der Waals surface area contributed by atoms with E-state index in [0.29, 0.717) is 5.69 Å². The number of fused-ring (bicyclic) bond motifs is 5. The van der Waals surface area contributed by atoms with Crippen molar-refractivity contribution in [3.63, 3.8) is 0 Å². The number of likely N-dealkylation sites (N-methyl/N-ethyl adjacent to an activating group) is 1. The van der Waals surface area contributed by atoms with Gasteiger partial charge in [0.15, 0.2) is 0 Å². The molecule has 4 rings (SSSR count). The van der Waals surface area contributed by atoms with E-state index in [1.165, 1.54) is 0 Å². The molecule has 1 N–H and O–H groups in total. The summed E-state index contributed by atoms with van der Waals surface area (Å²) >= 11 is 0. The number of nitrogens with zero attached hydrogens (tertiary/aromatic N) is 2. The lowest BCUT2D eigenvalue weighted by molar-refractivity contribution is -0.144. The van der Waals surface area contributed by atoms with Gasteiger partial charge in [-0.15, -0.1) is 0 Å². The first-order valence-corrected chi connectivity index (χ1v) is 10.7. The summed E-state index contributed by atoms with van der Waals surface area (Å²) in [4.78, 5) is 43.6. The highest BCUT2D eigenvalue weighted by Crippen LogP contribution is 2.46. The fourth-order valence-corrected chi connectivity index (χ4v) is 4.97. The summed E-state index contributed by atoms with van der Waals surface area (Å²) < 4.78 is 6.00. The average Bonchev–Trinajstić information content (AvgIpc) is 3.27. The molecule has 0 aliphatic carbocycles. The number of carbonyl (C=O) groups is 3. The molecule has 30 heavy (non-hydrogen) atoms. The average molecular weight is 414 g/mol. The van der Waals surface area contributed by atoms with Crippen LogP contribution < -0.4 is 10.2 Å². The topological polar surface area (TPSA) is 79.0 Å². The minimum atomic E-state index is -0.812. The lowest BCUT2D eigenvalue weighted by Crippen LogP contribution is -2.63. The fourth-order valence-electron chi connectivity index (χ4n) is 4.97. The lowest BCUT2D eigenvalue weighted by atomic mass is 9.76. The maximum absolute atomic E-state index is 13.9. The number of anilines is 1. The molecular formula is C23H31N3O4. The number of rotatable bonds is 2. The molecule has 2 bridgehead atoms. The summed E-state index contributed by atoms with van der Waals surface area (Å²) in [6.07, 6.45) is 1.10. The quantitative estimate of drug-likeness (QED) is 0.803. The second-order valence-electron chi connectivity index (χ2n) is 9.86. The van der Waals surface area contributed by atoms with E-state index in [-0.39, 0.29) is 36.5 Å². The molecular weight excluding hydrogens is 382 g/mol. The molecule has 5 atom stereocenters. The van der Waals surface area contributed by atoms with Gasteiger partial charge in [0.05, 0.1) is 30.6 Å². The molecule has 0 aromatic heterocycles. The molecule has 1 aromatic carbocycles. The van der Waals surface area contributed by atoms with Gasteiger partial charge in [-0.1, -0.05) is 17.7 Å². The van der Waals surface area contributed by atoms with E-state index in [0.717, 1.165) is 18.4 Å². The molecule has 7 heteroatoms. The maximum atomic E-state index is 13.9. The Labute approximate surface area is 177 Å². The standard InChI is InChI=1S/C23H31N3O4/c1-13-6-8-14(9-7-13)26-15(20(27)24-23(2,3)4)12-25(5)21(28)18-16-10-11-17(30-16)19(18)22(26)29/h6-9,15-19H,10-12H2,1-5H3,(H,24,27). The third-order valence-electron chi connectivity index (χ3n) is 6.33. The monoisotopic (exact) mass is 413 g/mol. The Bertz CT molecular complexity index is 860.